The summed E-state index contributed by atoms with van der Waals surface area (Å²) in [6.45, 7) is 3.44. The maximum absolute atomic E-state index is 13.1. The third-order valence-corrected chi connectivity index (χ3v) is 6.06. The monoisotopic (exact) mass is 470 g/mol. The van der Waals surface area contributed by atoms with Gasteiger partial charge in [0, 0.05) is 18.7 Å². The van der Waals surface area contributed by atoms with Crippen LogP contribution in [0.2, 0.25) is 0 Å². The molecule has 0 aliphatic carbocycles. The van der Waals surface area contributed by atoms with Crippen molar-refractivity contribution in [2.24, 2.45) is 0 Å². The van der Waals surface area contributed by atoms with Crippen molar-refractivity contribution in [3.63, 3.8) is 0 Å². The lowest BCUT2D eigenvalue weighted by molar-refractivity contribution is -0.140. The summed E-state index contributed by atoms with van der Waals surface area (Å²) in [5.74, 6) is -0.806. The number of aliphatic hydroxyl groups is 1. The molecule has 0 spiro atoms. The zero-order valence-corrected chi connectivity index (χ0v) is 20.3. The molecule has 3 aromatic carbocycles. The second-order valence-electron chi connectivity index (χ2n) is 9.01. The maximum atomic E-state index is 13.1. The zero-order valence-electron chi connectivity index (χ0n) is 20.3. The van der Waals surface area contributed by atoms with Crippen molar-refractivity contribution in [2.45, 2.75) is 19.6 Å². The molecule has 4 rings (SSSR count). The van der Waals surface area contributed by atoms with E-state index in [0.29, 0.717) is 31.0 Å². The van der Waals surface area contributed by atoms with Crippen LogP contribution in [-0.4, -0.2) is 53.8 Å². The van der Waals surface area contributed by atoms with E-state index in [2.05, 4.69) is 6.07 Å². The van der Waals surface area contributed by atoms with Crippen LogP contribution in [0.25, 0.3) is 5.76 Å². The summed E-state index contributed by atoms with van der Waals surface area (Å²) in [4.78, 5) is 29.5. The molecule has 0 bridgehead atoms. The number of carbonyl (C=O) groups excluding carboxylic acids is 2. The minimum atomic E-state index is -0.671. The fraction of sp³-hybridized carbons (Fsp3) is 0.241. The van der Waals surface area contributed by atoms with Gasteiger partial charge >= 0.3 is 0 Å². The minimum Gasteiger partial charge on any atom is -0.507 e. The molecule has 3 aromatic rings. The van der Waals surface area contributed by atoms with Gasteiger partial charge in [0.25, 0.3) is 11.7 Å². The highest BCUT2D eigenvalue weighted by Crippen LogP contribution is 2.39. The van der Waals surface area contributed by atoms with Crippen LogP contribution >= 0.6 is 0 Å². The van der Waals surface area contributed by atoms with Gasteiger partial charge in [0.1, 0.15) is 18.1 Å². The number of aliphatic hydroxyl groups excluding tert-OH is 1. The van der Waals surface area contributed by atoms with Crippen molar-refractivity contribution in [2.75, 3.05) is 27.2 Å². The molecular formula is C29H30N2O4. The molecule has 0 saturated carbocycles. The number of likely N-dealkylation sites (tertiary alicyclic amines) is 1. The first kappa shape index (κ1) is 24.2. The summed E-state index contributed by atoms with van der Waals surface area (Å²) in [7, 11) is 3.83. The van der Waals surface area contributed by atoms with Crippen LogP contribution in [0.5, 0.6) is 5.75 Å². The summed E-state index contributed by atoms with van der Waals surface area (Å²) in [6.07, 6.45) is 0. The van der Waals surface area contributed by atoms with Gasteiger partial charge in [0.05, 0.1) is 11.6 Å². The molecule has 1 N–H and O–H groups in total. The number of nitrogens with zero attached hydrogens (tertiary/aromatic N) is 2. The molecular weight excluding hydrogens is 440 g/mol. The number of ketones is 1. The molecule has 1 atom stereocenters. The van der Waals surface area contributed by atoms with E-state index < -0.39 is 17.7 Å². The van der Waals surface area contributed by atoms with Crippen LogP contribution in [0.4, 0.5) is 0 Å². The Labute approximate surface area is 206 Å². The summed E-state index contributed by atoms with van der Waals surface area (Å²) in [5, 5.41) is 11.2. The molecule has 0 unspecified atom stereocenters. The second kappa shape index (κ2) is 10.6. The van der Waals surface area contributed by atoms with E-state index in [-0.39, 0.29) is 11.3 Å². The average molecular weight is 471 g/mol. The molecule has 0 radical (unpaired) electrons. The van der Waals surface area contributed by atoms with Crippen LogP contribution in [0.15, 0.2) is 84.4 Å². The third kappa shape index (κ3) is 5.44. The summed E-state index contributed by atoms with van der Waals surface area (Å²) in [6, 6.07) is 23.7. The summed E-state index contributed by atoms with van der Waals surface area (Å²) in [5.41, 5.74) is 3.58. The smallest absolute Gasteiger partial charge is 0.295 e. The molecule has 6 heteroatoms. The molecule has 1 fully saturated rings. The van der Waals surface area contributed by atoms with Gasteiger partial charge in [-0.2, -0.15) is 0 Å². The van der Waals surface area contributed by atoms with Crippen LogP contribution in [0, 0.1) is 6.92 Å². The van der Waals surface area contributed by atoms with E-state index in [1.165, 1.54) is 5.56 Å². The lowest BCUT2D eigenvalue weighted by Gasteiger charge is -2.26. The zero-order chi connectivity index (χ0) is 24.9. The predicted octanol–water partition coefficient (Wildman–Crippen LogP) is 4.56. The molecule has 35 heavy (non-hydrogen) atoms. The van der Waals surface area contributed by atoms with E-state index in [1.807, 2.05) is 74.4 Å². The second-order valence-corrected chi connectivity index (χ2v) is 9.01. The predicted molar refractivity (Wildman–Crippen MR) is 136 cm³/mol. The van der Waals surface area contributed by atoms with Crippen molar-refractivity contribution < 1.29 is 19.4 Å². The van der Waals surface area contributed by atoms with Gasteiger partial charge in [-0.15, -0.1) is 0 Å². The highest BCUT2D eigenvalue weighted by atomic mass is 16.5. The Morgan fingerprint density at radius 1 is 0.971 bits per heavy atom. The van der Waals surface area contributed by atoms with Gasteiger partial charge in [-0.3, -0.25) is 9.59 Å². The number of benzene rings is 3. The van der Waals surface area contributed by atoms with Gasteiger partial charge in [-0.05, 0) is 56.4 Å². The van der Waals surface area contributed by atoms with Gasteiger partial charge in [0.2, 0.25) is 0 Å². The first-order valence-corrected chi connectivity index (χ1v) is 11.6. The van der Waals surface area contributed by atoms with Crippen LogP contribution in [-0.2, 0) is 16.2 Å². The van der Waals surface area contributed by atoms with Crippen molar-refractivity contribution in [1.82, 2.24) is 9.80 Å². The molecule has 1 heterocycles. The van der Waals surface area contributed by atoms with Gasteiger partial charge < -0.3 is 19.6 Å². The SMILES string of the molecule is Cc1cccc(COc2ccc(/C(O)=C3\C(=O)C(=O)N(CCN(C)C)[C@@H]3c3ccccc3)cc2)c1. The third-order valence-electron chi connectivity index (χ3n) is 6.06. The van der Waals surface area contributed by atoms with Crippen LogP contribution < -0.4 is 4.74 Å². The van der Waals surface area contributed by atoms with E-state index >= 15 is 0 Å². The lowest BCUT2D eigenvalue weighted by atomic mass is 9.95. The van der Waals surface area contributed by atoms with Crippen molar-refractivity contribution in [3.05, 3.63) is 107 Å². The van der Waals surface area contributed by atoms with Crippen molar-refractivity contribution in [1.29, 1.82) is 0 Å². The van der Waals surface area contributed by atoms with Gasteiger partial charge in [0.15, 0.2) is 0 Å². The quantitative estimate of drug-likeness (QED) is 0.297. The molecule has 1 aliphatic rings. The molecule has 6 nitrogen and oxygen atoms in total. The number of amides is 1. The number of aryl methyl sites for hydroxylation is 1. The Hall–Kier alpha value is -3.90. The van der Waals surface area contributed by atoms with Crippen LogP contribution in [0.3, 0.4) is 0 Å². The molecule has 1 saturated heterocycles. The van der Waals surface area contributed by atoms with E-state index in [0.717, 1.165) is 11.1 Å². The Morgan fingerprint density at radius 2 is 1.69 bits per heavy atom. The minimum absolute atomic E-state index is 0.105. The van der Waals surface area contributed by atoms with Gasteiger partial charge in [-0.25, -0.2) is 0 Å². The Morgan fingerprint density at radius 3 is 2.34 bits per heavy atom. The number of likely N-dealkylation sites (N-methyl/N-ethyl adjacent to an activating group) is 1. The molecule has 1 amide bonds. The van der Waals surface area contributed by atoms with Gasteiger partial charge in [-0.1, -0.05) is 60.2 Å². The highest BCUT2D eigenvalue weighted by Gasteiger charge is 2.45. The Kier molecular flexibility index (Phi) is 7.32. The first-order chi connectivity index (χ1) is 16.8. The number of rotatable bonds is 8. The number of hydrogen-bond donors (Lipinski definition) is 1. The average Bonchev–Trinajstić information content (AvgIpc) is 3.11. The summed E-state index contributed by atoms with van der Waals surface area (Å²) >= 11 is 0. The van der Waals surface area contributed by atoms with E-state index in [1.54, 1.807) is 29.2 Å². The maximum Gasteiger partial charge on any atom is 0.295 e. The van der Waals surface area contributed by atoms with Crippen LogP contribution in [0.1, 0.15) is 28.3 Å². The fourth-order valence-corrected chi connectivity index (χ4v) is 4.23. The Bertz CT molecular complexity index is 1230. The molecule has 180 valence electrons. The van der Waals surface area contributed by atoms with Crippen molar-refractivity contribution in [3.8, 4) is 5.75 Å². The van der Waals surface area contributed by atoms with Crippen molar-refractivity contribution >= 4 is 17.4 Å². The van der Waals surface area contributed by atoms with E-state index in [4.69, 9.17) is 4.74 Å². The number of hydrogen-bond acceptors (Lipinski definition) is 5. The molecule has 1 aliphatic heterocycles. The standard InChI is InChI=1S/C29H30N2O4/c1-20-8-7-9-21(18-20)19-35-24-14-12-23(13-15-24)27(32)25-26(22-10-5-4-6-11-22)31(17-16-30(2)3)29(34)28(25)33/h4-15,18,26,32H,16-17,19H2,1-3H3/b27-25+/t26-/m1/s1. The first-order valence-electron chi connectivity index (χ1n) is 11.6. The van der Waals surface area contributed by atoms with E-state index in [9.17, 15) is 14.7 Å². The lowest BCUT2D eigenvalue weighted by Crippen LogP contribution is -2.35. The number of carbonyl (C=O) groups is 2. The highest BCUT2D eigenvalue weighted by molar-refractivity contribution is 6.46. The summed E-state index contributed by atoms with van der Waals surface area (Å²) < 4.78 is 5.88. The fourth-order valence-electron chi connectivity index (χ4n) is 4.23. The number of Topliss-reactive ketones (excluding diaryl/α,β-unsaturated/α-hetero) is 1. The normalized spacial score (nSPS) is 17.3. The molecule has 0 aromatic heterocycles. The largest absolute Gasteiger partial charge is 0.507 e. The Balaban J connectivity index is 1.62. The number of ether oxygens (including phenoxy) is 1. The topological polar surface area (TPSA) is 70.1 Å².